The first-order valence-corrected chi connectivity index (χ1v) is 8.62. The second-order valence-electron chi connectivity index (χ2n) is 6.57. The largest absolute Gasteiger partial charge is 0.341 e. The molecular formula is C17H20N6O2. The minimum Gasteiger partial charge on any atom is -0.341 e. The molecule has 8 nitrogen and oxygen atoms in total. The molecule has 130 valence electrons. The van der Waals surface area contributed by atoms with Crippen LogP contribution < -0.4 is 15.8 Å². The zero-order chi connectivity index (χ0) is 17.2. The van der Waals surface area contributed by atoms with Crippen molar-refractivity contribution >= 4 is 17.5 Å². The van der Waals surface area contributed by atoms with Gasteiger partial charge >= 0.3 is 0 Å². The zero-order valence-electron chi connectivity index (χ0n) is 13.9. The minimum atomic E-state index is -0.305. The topological polar surface area (TPSA) is 93.0 Å². The first-order chi connectivity index (χ1) is 12.2. The van der Waals surface area contributed by atoms with E-state index in [1.54, 1.807) is 12.4 Å². The van der Waals surface area contributed by atoms with Gasteiger partial charge in [-0.05, 0) is 25.7 Å². The highest BCUT2D eigenvalue weighted by molar-refractivity contribution is 5.90. The van der Waals surface area contributed by atoms with Crippen LogP contribution in [0.2, 0.25) is 0 Å². The van der Waals surface area contributed by atoms with E-state index in [2.05, 4.69) is 25.2 Å². The Hall–Kier alpha value is -2.77. The lowest BCUT2D eigenvalue weighted by Gasteiger charge is -2.14. The lowest BCUT2D eigenvalue weighted by Crippen LogP contribution is -2.28. The number of carbonyl (C=O) groups excluding carboxylic acids is 1. The van der Waals surface area contributed by atoms with Crippen molar-refractivity contribution in [2.75, 3.05) is 23.3 Å². The van der Waals surface area contributed by atoms with Gasteiger partial charge in [0.25, 0.3) is 5.56 Å². The molecule has 4 rings (SSSR count). The number of amides is 1. The maximum atomic E-state index is 12.1. The van der Waals surface area contributed by atoms with Crippen LogP contribution in [0.4, 0.5) is 11.6 Å². The van der Waals surface area contributed by atoms with E-state index in [0.29, 0.717) is 17.6 Å². The standard InChI is InChI=1S/C17H20N6O2/c24-15(10-23-11-20-14(7-16(23)25)12-3-4-12)21-13-8-18-17(19-9-13)22-5-1-2-6-22/h7-9,11-12H,1-6,10H2,(H,21,24). The molecule has 2 aromatic heterocycles. The van der Waals surface area contributed by atoms with Gasteiger partial charge in [0.2, 0.25) is 11.9 Å². The molecule has 0 unspecified atom stereocenters. The highest BCUT2D eigenvalue weighted by Gasteiger charge is 2.25. The van der Waals surface area contributed by atoms with E-state index in [1.807, 2.05) is 0 Å². The fourth-order valence-corrected chi connectivity index (χ4v) is 2.98. The molecule has 1 aliphatic heterocycles. The van der Waals surface area contributed by atoms with Crippen LogP contribution in [0.5, 0.6) is 0 Å². The Morgan fingerprint density at radius 1 is 1.16 bits per heavy atom. The van der Waals surface area contributed by atoms with Crippen LogP contribution in [0, 0.1) is 0 Å². The zero-order valence-corrected chi connectivity index (χ0v) is 13.9. The van der Waals surface area contributed by atoms with E-state index >= 15 is 0 Å². The molecule has 3 heterocycles. The number of hydrogen-bond acceptors (Lipinski definition) is 6. The molecule has 1 amide bonds. The van der Waals surface area contributed by atoms with E-state index in [-0.39, 0.29) is 18.0 Å². The summed E-state index contributed by atoms with van der Waals surface area (Å²) in [6, 6.07) is 1.53. The molecule has 8 heteroatoms. The second-order valence-corrected chi connectivity index (χ2v) is 6.57. The lowest BCUT2D eigenvalue weighted by molar-refractivity contribution is -0.116. The van der Waals surface area contributed by atoms with E-state index in [0.717, 1.165) is 44.5 Å². The van der Waals surface area contributed by atoms with Gasteiger partial charge in [-0.2, -0.15) is 0 Å². The number of carbonyl (C=O) groups is 1. The molecule has 0 spiro atoms. The molecule has 0 atom stereocenters. The molecule has 1 saturated heterocycles. The fraction of sp³-hybridized carbons (Fsp3) is 0.471. The van der Waals surface area contributed by atoms with Gasteiger partial charge in [0.1, 0.15) is 6.54 Å². The fourth-order valence-electron chi connectivity index (χ4n) is 2.98. The Balaban J connectivity index is 1.37. The normalized spacial score (nSPS) is 16.9. The molecule has 1 saturated carbocycles. The van der Waals surface area contributed by atoms with Crippen molar-refractivity contribution in [1.82, 2.24) is 19.5 Å². The SMILES string of the molecule is O=C(Cn1cnc(C2CC2)cc1=O)Nc1cnc(N2CCCC2)nc1. The van der Waals surface area contributed by atoms with Gasteiger partial charge in [-0.1, -0.05) is 0 Å². The summed E-state index contributed by atoms with van der Waals surface area (Å²) in [7, 11) is 0. The van der Waals surface area contributed by atoms with Crippen LogP contribution >= 0.6 is 0 Å². The Bertz CT molecular complexity index is 822. The molecule has 2 aliphatic rings. The van der Waals surface area contributed by atoms with Crippen LogP contribution in [-0.4, -0.2) is 38.5 Å². The van der Waals surface area contributed by atoms with E-state index in [1.165, 1.54) is 17.0 Å². The average molecular weight is 340 g/mol. The van der Waals surface area contributed by atoms with Crippen molar-refractivity contribution in [3.63, 3.8) is 0 Å². The highest BCUT2D eigenvalue weighted by Crippen LogP contribution is 2.38. The van der Waals surface area contributed by atoms with Gasteiger partial charge in [-0.15, -0.1) is 0 Å². The number of nitrogens with one attached hydrogen (secondary N) is 1. The molecule has 0 radical (unpaired) electrons. The second kappa shape index (κ2) is 6.62. The number of rotatable bonds is 5. The molecule has 0 aromatic carbocycles. The summed E-state index contributed by atoms with van der Waals surface area (Å²) < 4.78 is 1.31. The van der Waals surface area contributed by atoms with E-state index < -0.39 is 0 Å². The summed E-state index contributed by atoms with van der Waals surface area (Å²) in [6.45, 7) is 1.86. The quantitative estimate of drug-likeness (QED) is 0.878. The summed E-state index contributed by atoms with van der Waals surface area (Å²) in [5.74, 6) is 0.801. The first-order valence-electron chi connectivity index (χ1n) is 8.62. The van der Waals surface area contributed by atoms with Crippen LogP contribution in [0.3, 0.4) is 0 Å². The maximum Gasteiger partial charge on any atom is 0.254 e. The van der Waals surface area contributed by atoms with Crippen molar-refractivity contribution in [2.24, 2.45) is 0 Å². The van der Waals surface area contributed by atoms with Crippen LogP contribution in [0.15, 0.2) is 29.6 Å². The third-order valence-corrected chi connectivity index (χ3v) is 4.52. The Kier molecular flexibility index (Phi) is 4.17. The lowest BCUT2D eigenvalue weighted by atomic mass is 10.3. The van der Waals surface area contributed by atoms with Gasteiger partial charge < -0.3 is 10.2 Å². The van der Waals surface area contributed by atoms with Crippen molar-refractivity contribution in [3.8, 4) is 0 Å². The molecule has 25 heavy (non-hydrogen) atoms. The predicted octanol–water partition coefficient (Wildman–Crippen LogP) is 1.15. The smallest absolute Gasteiger partial charge is 0.254 e. The summed E-state index contributed by atoms with van der Waals surface area (Å²) in [5, 5.41) is 2.72. The van der Waals surface area contributed by atoms with Crippen molar-refractivity contribution in [2.45, 2.75) is 38.1 Å². The van der Waals surface area contributed by atoms with Crippen molar-refractivity contribution in [1.29, 1.82) is 0 Å². The Morgan fingerprint density at radius 2 is 1.88 bits per heavy atom. The summed E-state index contributed by atoms with van der Waals surface area (Å²) >= 11 is 0. The van der Waals surface area contributed by atoms with Gasteiger partial charge in [0.05, 0.1) is 30.1 Å². The maximum absolute atomic E-state index is 12.1. The summed E-state index contributed by atoms with van der Waals surface area (Å²) in [6.07, 6.45) is 9.12. The van der Waals surface area contributed by atoms with Crippen LogP contribution in [-0.2, 0) is 11.3 Å². The van der Waals surface area contributed by atoms with E-state index in [9.17, 15) is 9.59 Å². The molecular weight excluding hydrogens is 320 g/mol. The van der Waals surface area contributed by atoms with Gasteiger partial charge in [0.15, 0.2) is 0 Å². The monoisotopic (exact) mass is 340 g/mol. The van der Waals surface area contributed by atoms with Gasteiger partial charge in [0, 0.05) is 25.1 Å². The third kappa shape index (κ3) is 3.67. The number of hydrogen-bond donors (Lipinski definition) is 1. The summed E-state index contributed by atoms with van der Waals surface area (Å²) in [5.41, 5.74) is 1.14. The first kappa shape index (κ1) is 15.7. The Morgan fingerprint density at radius 3 is 2.52 bits per heavy atom. The molecule has 2 fully saturated rings. The van der Waals surface area contributed by atoms with Gasteiger partial charge in [-0.3, -0.25) is 14.2 Å². The number of aromatic nitrogens is 4. The highest BCUT2D eigenvalue weighted by atomic mass is 16.2. The third-order valence-electron chi connectivity index (χ3n) is 4.52. The number of nitrogens with zero attached hydrogens (tertiary/aromatic N) is 5. The van der Waals surface area contributed by atoms with Crippen molar-refractivity contribution in [3.05, 3.63) is 40.8 Å². The summed E-state index contributed by atoms with van der Waals surface area (Å²) in [4.78, 5) is 39.2. The molecule has 2 aromatic rings. The van der Waals surface area contributed by atoms with E-state index in [4.69, 9.17) is 0 Å². The van der Waals surface area contributed by atoms with Crippen LogP contribution in [0.1, 0.15) is 37.3 Å². The Labute approximate surface area is 144 Å². The van der Waals surface area contributed by atoms with Crippen molar-refractivity contribution < 1.29 is 4.79 Å². The number of anilines is 2. The predicted molar refractivity (Wildman–Crippen MR) is 92.6 cm³/mol. The van der Waals surface area contributed by atoms with Crippen LogP contribution in [0.25, 0.3) is 0 Å². The minimum absolute atomic E-state index is 0.0787. The van der Waals surface area contributed by atoms with Gasteiger partial charge in [-0.25, -0.2) is 15.0 Å². The molecule has 1 N–H and O–H groups in total. The molecule has 0 bridgehead atoms. The average Bonchev–Trinajstić information content (AvgIpc) is 3.32. The molecule has 1 aliphatic carbocycles.